The maximum atomic E-state index is 4.84. The molecule has 1 saturated heterocycles. The minimum absolute atomic E-state index is 0. The van der Waals surface area contributed by atoms with Gasteiger partial charge in [0, 0.05) is 49.6 Å². The number of thioether (sulfide) groups is 1. The Morgan fingerprint density at radius 1 is 1.44 bits per heavy atom. The molecule has 5 nitrogen and oxygen atoms in total. The number of hydrogen-bond acceptors (Lipinski definition) is 5. The van der Waals surface area contributed by atoms with Gasteiger partial charge in [-0.15, -0.1) is 35.3 Å². The van der Waals surface area contributed by atoms with E-state index >= 15 is 0 Å². The van der Waals surface area contributed by atoms with Gasteiger partial charge in [-0.25, -0.2) is 4.98 Å². The van der Waals surface area contributed by atoms with Crippen LogP contribution in [0, 0.1) is 0 Å². The third kappa shape index (κ3) is 7.60. The quantitative estimate of drug-likeness (QED) is 0.186. The molecular formula is C17H32IN5S2. The molecule has 144 valence electrons. The van der Waals surface area contributed by atoms with Gasteiger partial charge in [0.05, 0.1) is 0 Å². The van der Waals surface area contributed by atoms with E-state index in [1.165, 1.54) is 6.42 Å². The lowest BCUT2D eigenvalue weighted by atomic mass is 10.2. The van der Waals surface area contributed by atoms with E-state index in [1.54, 1.807) is 11.3 Å². The molecule has 0 saturated carbocycles. The van der Waals surface area contributed by atoms with Gasteiger partial charge in [-0.05, 0) is 32.9 Å². The van der Waals surface area contributed by atoms with Gasteiger partial charge >= 0.3 is 0 Å². The fourth-order valence-corrected chi connectivity index (χ4v) is 4.72. The van der Waals surface area contributed by atoms with Crippen LogP contribution in [0.2, 0.25) is 0 Å². The van der Waals surface area contributed by atoms with Crippen LogP contribution in [0.3, 0.4) is 0 Å². The number of likely N-dealkylation sites (N-methyl/N-ethyl adjacent to an activating group) is 1. The van der Waals surface area contributed by atoms with Crippen LogP contribution in [-0.2, 0) is 0 Å². The van der Waals surface area contributed by atoms with Crippen molar-refractivity contribution in [3.05, 3.63) is 11.6 Å². The molecule has 2 heterocycles. The maximum Gasteiger partial charge on any atom is 0.193 e. The van der Waals surface area contributed by atoms with Crippen LogP contribution in [0.25, 0.3) is 0 Å². The van der Waals surface area contributed by atoms with Crippen LogP contribution >= 0.6 is 47.1 Å². The van der Waals surface area contributed by atoms with Crippen LogP contribution < -0.4 is 5.32 Å². The average molecular weight is 498 g/mol. The van der Waals surface area contributed by atoms with E-state index in [4.69, 9.17) is 4.99 Å². The van der Waals surface area contributed by atoms with Crippen molar-refractivity contribution in [3.8, 4) is 0 Å². The summed E-state index contributed by atoms with van der Waals surface area (Å²) in [4.78, 5) is 14.1. The first-order chi connectivity index (χ1) is 11.8. The summed E-state index contributed by atoms with van der Waals surface area (Å²) < 4.78 is 1.16. The highest BCUT2D eigenvalue weighted by atomic mass is 127. The molecule has 0 bridgehead atoms. The first-order valence-electron chi connectivity index (χ1n) is 9.08. The molecular weight excluding hydrogens is 465 g/mol. The lowest BCUT2D eigenvalue weighted by Crippen LogP contribution is -2.43. The minimum Gasteiger partial charge on any atom is -0.357 e. The van der Waals surface area contributed by atoms with E-state index in [2.05, 4.69) is 40.9 Å². The number of aromatic nitrogens is 1. The molecule has 8 heteroatoms. The Balaban J connectivity index is 0.00000312. The summed E-state index contributed by atoms with van der Waals surface area (Å²) in [5, 5.41) is 5.50. The molecule has 0 spiro atoms. The number of halogens is 1. The van der Waals surface area contributed by atoms with Crippen molar-refractivity contribution in [2.24, 2.45) is 4.99 Å². The molecule has 0 radical (unpaired) electrons. The minimum atomic E-state index is 0. The molecule has 0 aliphatic carbocycles. The Morgan fingerprint density at radius 3 is 2.88 bits per heavy atom. The summed E-state index contributed by atoms with van der Waals surface area (Å²) in [6, 6.07) is 0.671. The van der Waals surface area contributed by atoms with Crippen molar-refractivity contribution >= 4 is 53.0 Å². The molecule has 0 amide bonds. The number of thiazole rings is 1. The summed E-state index contributed by atoms with van der Waals surface area (Å²) in [7, 11) is 0. The Bertz CT molecular complexity index is 479. The van der Waals surface area contributed by atoms with Gasteiger partial charge in [-0.1, -0.05) is 25.6 Å². The van der Waals surface area contributed by atoms with Crippen LogP contribution in [-0.4, -0.2) is 71.8 Å². The number of nitrogens with one attached hydrogen (secondary N) is 1. The van der Waals surface area contributed by atoms with Crippen LogP contribution in [0.4, 0.5) is 0 Å². The lowest BCUT2D eigenvalue weighted by molar-refractivity contribution is 0.223. The predicted octanol–water partition coefficient (Wildman–Crippen LogP) is 3.62. The van der Waals surface area contributed by atoms with E-state index in [0.29, 0.717) is 6.04 Å². The van der Waals surface area contributed by atoms with Crippen molar-refractivity contribution in [3.63, 3.8) is 0 Å². The van der Waals surface area contributed by atoms with Crippen LogP contribution in [0.15, 0.2) is 20.9 Å². The highest BCUT2D eigenvalue weighted by molar-refractivity contribution is 14.0. The van der Waals surface area contributed by atoms with Gasteiger partial charge in [0.25, 0.3) is 0 Å². The van der Waals surface area contributed by atoms with E-state index < -0.39 is 0 Å². The number of rotatable bonds is 9. The third-order valence-electron chi connectivity index (χ3n) is 4.33. The Labute approximate surface area is 178 Å². The van der Waals surface area contributed by atoms with Crippen molar-refractivity contribution < 1.29 is 0 Å². The smallest absolute Gasteiger partial charge is 0.193 e. The zero-order valence-corrected chi connectivity index (χ0v) is 19.6. The summed E-state index contributed by atoms with van der Waals surface area (Å²) in [5.74, 6) is 2.17. The number of guanidine groups is 1. The summed E-state index contributed by atoms with van der Waals surface area (Å²) in [5.41, 5.74) is 0. The third-order valence-corrected chi connectivity index (χ3v) is 6.38. The molecule has 1 atom stereocenters. The molecule has 0 aromatic carbocycles. The van der Waals surface area contributed by atoms with Gasteiger partial charge in [0.15, 0.2) is 5.96 Å². The van der Waals surface area contributed by atoms with Crippen molar-refractivity contribution in [1.29, 1.82) is 0 Å². The van der Waals surface area contributed by atoms with E-state index in [0.717, 1.165) is 61.7 Å². The van der Waals surface area contributed by atoms with E-state index in [1.807, 2.05) is 23.3 Å². The molecule has 1 aliphatic rings. The second kappa shape index (κ2) is 13.2. The van der Waals surface area contributed by atoms with Crippen molar-refractivity contribution in [2.45, 2.75) is 44.0 Å². The van der Waals surface area contributed by atoms with Gasteiger partial charge in [-0.2, -0.15) is 0 Å². The monoisotopic (exact) mass is 497 g/mol. The average Bonchev–Trinajstić information content (AvgIpc) is 3.27. The Kier molecular flexibility index (Phi) is 12.1. The molecule has 1 aliphatic heterocycles. The van der Waals surface area contributed by atoms with Crippen LogP contribution in [0.5, 0.6) is 0 Å². The molecule has 1 N–H and O–H groups in total. The van der Waals surface area contributed by atoms with Gasteiger partial charge in [-0.3, -0.25) is 9.89 Å². The van der Waals surface area contributed by atoms with Crippen LogP contribution in [0.1, 0.15) is 33.6 Å². The molecule has 1 aromatic rings. The SMILES string of the molecule is CCNC(=NCCCSc1nccs1)N1CCC(N(CC)CC)C1.I. The van der Waals surface area contributed by atoms with Gasteiger partial charge in [0.2, 0.25) is 0 Å². The predicted molar refractivity (Wildman–Crippen MR) is 122 cm³/mol. The number of aliphatic imine (C=N–C) groups is 1. The highest BCUT2D eigenvalue weighted by Crippen LogP contribution is 2.20. The Morgan fingerprint density at radius 2 is 2.24 bits per heavy atom. The maximum absolute atomic E-state index is 4.84. The summed E-state index contributed by atoms with van der Waals surface area (Å²) in [6.07, 6.45) is 4.20. The summed E-state index contributed by atoms with van der Waals surface area (Å²) >= 11 is 3.55. The number of hydrogen-bond donors (Lipinski definition) is 1. The summed E-state index contributed by atoms with van der Waals surface area (Å²) in [6.45, 7) is 12.9. The normalized spacial score (nSPS) is 17.8. The highest BCUT2D eigenvalue weighted by Gasteiger charge is 2.27. The first kappa shape index (κ1) is 23.0. The van der Waals surface area contributed by atoms with Gasteiger partial charge < -0.3 is 10.2 Å². The van der Waals surface area contributed by atoms with E-state index in [-0.39, 0.29) is 24.0 Å². The second-order valence-electron chi connectivity index (χ2n) is 5.85. The van der Waals surface area contributed by atoms with Crippen molar-refractivity contribution in [2.75, 3.05) is 45.0 Å². The topological polar surface area (TPSA) is 43.8 Å². The Hall–Kier alpha value is -0.0600. The number of nitrogens with zero attached hydrogens (tertiary/aromatic N) is 4. The first-order valence-corrected chi connectivity index (χ1v) is 10.9. The second-order valence-corrected chi connectivity index (χ2v) is 8.08. The molecule has 1 fully saturated rings. The van der Waals surface area contributed by atoms with E-state index in [9.17, 15) is 0 Å². The molecule has 2 rings (SSSR count). The standard InChI is InChI=1S/C17H31N5S2.HI/c1-4-18-16(19-9-7-12-23-17-20-10-13-24-17)22-11-8-15(14-22)21(5-2)6-3;/h10,13,15H,4-9,11-12,14H2,1-3H3,(H,18,19);1H. The molecule has 1 aromatic heterocycles. The molecule has 25 heavy (non-hydrogen) atoms. The fourth-order valence-electron chi connectivity index (χ4n) is 3.09. The molecule has 1 unspecified atom stereocenters. The fraction of sp³-hybridized carbons (Fsp3) is 0.765. The number of likely N-dealkylation sites (tertiary alicyclic amines) is 1. The lowest BCUT2D eigenvalue weighted by Gasteiger charge is -2.27. The largest absolute Gasteiger partial charge is 0.357 e. The zero-order valence-electron chi connectivity index (χ0n) is 15.6. The zero-order chi connectivity index (χ0) is 17.2. The van der Waals surface area contributed by atoms with Crippen molar-refractivity contribution in [1.82, 2.24) is 20.1 Å². The van der Waals surface area contributed by atoms with Gasteiger partial charge in [0.1, 0.15) is 4.34 Å².